The molecule has 4 nitrogen and oxygen atoms in total. The summed E-state index contributed by atoms with van der Waals surface area (Å²) in [7, 11) is 0. The summed E-state index contributed by atoms with van der Waals surface area (Å²) in [5.74, 6) is 0.632. The fourth-order valence-electron chi connectivity index (χ4n) is 3.53. The van der Waals surface area contributed by atoms with E-state index in [-0.39, 0.29) is 11.9 Å². The van der Waals surface area contributed by atoms with E-state index < -0.39 is 0 Å². The van der Waals surface area contributed by atoms with Crippen LogP contribution < -0.4 is 5.32 Å². The lowest BCUT2D eigenvalue weighted by atomic mass is 10.1. The second-order valence-corrected chi connectivity index (χ2v) is 7.43. The Labute approximate surface area is 175 Å². The molecule has 1 heterocycles. The highest BCUT2D eigenvalue weighted by atomic mass is 35.5. The van der Waals surface area contributed by atoms with Gasteiger partial charge >= 0.3 is 0 Å². The van der Waals surface area contributed by atoms with E-state index >= 15 is 0 Å². The molecule has 0 saturated heterocycles. The minimum Gasteiger partial charge on any atom is -0.342 e. The summed E-state index contributed by atoms with van der Waals surface area (Å²) in [6.07, 6.45) is 0.888. The SMILES string of the molecule is CC(NC(=O)c1ccccc1Cl)c1nc2ccccc2n1CCc1ccccc1. The van der Waals surface area contributed by atoms with E-state index in [0.29, 0.717) is 10.6 Å². The zero-order valence-corrected chi connectivity index (χ0v) is 16.9. The minimum absolute atomic E-state index is 0.204. The van der Waals surface area contributed by atoms with Gasteiger partial charge in [0.25, 0.3) is 5.91 Å². The second-order valence-electron chi connectivity index (χ2n) is 7.02. The molecule has 0 spiro atoms. The van der Waals surface area contributed by atoms with Gasteiger partial charge in [0.15, 0.2) is 0 Å². The molecular formula is C24H22ClN3O. The number of benzene rings is 3. The van der Waals surface area contributed by atoms with Crippen LogP contribution in [0.25, 0.3) is 11.0 Å². The number of halogens is 1. The Balaban J connectivity index is 1.62. The van der Waals surface area contributed by atoms with Crippen LogP contribution in [0.15, 0.2) is 78.9 Å². The molecule has 1 N–H and O–H groups in total. The Morgan fingerprint density at radius 2 is 1.69 bits per heavy atom. The Morgan fingerprint density at radius 3 is 2.48 bits per heavy atom. The number of amides is 1. The van der Waals surface area contributed by atoms with Crippen LogP contribution >= 0.6 is 11.6 Å². The highest BCUT2D eigenvalue weighted by molar-refractivity contribution is 6.33. The maximum absolute atomic E-state index is 12.7. The number of hydrogen-bond donors (Lipinski definition) is 1. The first-order chi connectivity index (χ1) is 14.1. The Hall–Kier alpha value is -3.11. The van der Waals surface area contributed by atoms with Crippen LogP contribution in [0.5, 0.6) is 0 Å². The normalized spacial score (nSPS) is 12.1. The van der Waals surface area contributed by atoms with Gasteiger partial charge in [0.05, 0.1) is 27.7 Å². The van der Waals surface area contributed by atoms with Gasteiger partial charge in [-0.15, -0.1) is 0 Å². The lowest BCUT2D eigenvalue weighted by Gasteiger charge is -2.17. The molecule has 0 aliphatic carbocycles. The number of hydrogen-bond acceptors (Lipinski definition) is 2. The first-order valence-corrected chi connectivity index (χ1v) is 10.1. The molecule has 1 unspecified atom stereocenters. The number of rotatable bonds is 6. The minimum atomic E-state index is -0.262. The molecule has 0 bridgehead atoms. The van der Waals surface area contributed by atoms with Crippen molar-refractivity contribution in [3.8, 4) is 0 Å². The van der Waals surface area contributed by atoms with E-state index in [1.165, 1.54) is 5.56 Å². The summed E-state index contributed by atoms with van der Waals surface area (Å²) in [5.41, 5.74) is 3.73. The predicted octanol–water partition coefficient (Wildman–Crippen LogP) is 5.42. The van der Waals surface area contributed by atoms with Gasteiger partial charge in [0.2, 0.25) is 0 Å². The van der Waals surface area contributed by atoms with Crippen molar-refractivity contribution in [3.05, 3.63) is 101 Å². The van der Waals surface area contributed by atoms with E-state index in [0.717, 1.165) is 29.8 Å². The van der Waals surface area contributed by atoms with Crippen LogP contribution in [0.3, 0.4) is 0 Å². The molecule has 146 valence electrons. The van der Waals surface area contributed by atoms with E-state index in [9.17, 15) is 4.79 Å². The number of nitrogens with zero attached hydrogens (tertiary/aromatic N) is 2. The van der Waals surface area contributed by atoms with Crippen molar-refractivity contribution in [3.63, 3.8) is 0 Å². The summed E-state index contributed by atoms with van der Waals surface area (Å²) >= 11 is 6.18. The monoisotopic (exact) mass is 403 g/mol. The Kier molecular flexibility index (Phi) is 5.63. The van der Waals surface area contributed by atoms with Crippen LogP contribution in [0, 0.1) is 0 Å². The standard InChI is InChI=1S/C24H22ClN3O/c1-17(26-24(29)19-11-5-6-12-20(19)25)23-27-21-13-7-8-14-22(21)28(23)16-15-18-9-3-2-4-10-18/h2-14,17H,15-16H2,1H3,(H,26,29). The molecule has 1 aromatic heterocycles. The van der Waals surface area contributed by atoms with Crippen molar-refractivity contribution in [1.82, 2.24) is 14.9 Å². The van der Waals surface area contributed by atoms with E-state index in [1.807, 2.05) is 37.3 Å². The largest absolute Gasteiger partial charge is 0.342 e. The number of aryl methyl sites for hydroxylation is 2. The van der Waals surface area contributed by atoms with Crippen molar-refractivity contribution < 1.29 is 4.79 Å². The summed E-state index contributed by atoms with van der Waals surface area (Å²) in [4.78, 5) is 17.5. The Morgan fingerprint density at radius 1 is 1.00 bits per heavy atom. The fraction of sp³-hybridized carbons (Fsp3) is 0.167. The van der Waals surface area contributed by atoms with Gasteiger partial charge in [0.1, 0.15) is 5.82 Å². The molecule has 4 aromatic rings. The first-order valence-electron chi connectivity index (χ1n) is 9.68. The number of nitrogens with one attached hydrogen (secondary N) is 1. The molecule has 3 aromatic carbocycles. The van der Waals surface area contributed by atoms with E-state index in [2.05, 4.69) is 40.2 Å². The topological polar surface area (TPSA) is 46.9 Å². The summed E-state index contributed by atoms with van der Waals surface area (Å²) in [6.45, 7) is 2.74. The van der Waals surface area contributed by atoms with Crippen LogP contribution in [0.1, 0.15) is 34.7 Å². The van der Waals surface area contributed by atoms with Gasteiger partial charge in [-0.1, -0.05) is 66.2 Å². The first kappa shape index (κ1) is 19.2. The zero-order chi connectivity index (χ0) is 20.2. The third-order valence-electron chi connectivity index (χ3n) is 5.00. The molecule has 0 aliphatic heterocycles. The van der Waals surface area contributed by atoms with Crippen LogP contribution in [-0.4, -0.2) is 15.5 Å². The number of para-hydroxylation sites is 2. The van der Waals surface area contributed by atoms with Crippen molar-refractivity contribution in [2.45, 2.75) is 25.9 Å². The van der Waals surface area contributed by atoms with E-state index in [4.69, 9.17) is 16.6 Å². The third kappa shape index (κ3) is 4.17. The summed E-state index contributed by atoms with van der Waals surface area (Å²) in [6, 6.07) is 25.2. The van der Waals surface area contributed by atoms with Gasteiger partial charge in [0, 0.05) is 6.54 Å². The molecule has 0 radical (unpaired) electrons. The quantitative estimate of drug-likeness (QED) is 0.467. The molecular weight excluding hydrogens is 382 g/mol. The van der Waals surface area contributed by atoms with Gasteiger partial charge in [-0.3, -0.25) is 4.79 Å². The molecule has 0 fully saturated rings. The number of imidazole rings is 1. The number of carbonyl (C=O) groups is 1. The maximum Gasteiger partial charge on any atom is 0.253 e. The molecule has 0 saturated carbocycles. The van der Waals surface area contributed by atoms with Gasteiger partial charge in [-0.25, -0.2) is 4.98 Å². The van der Waals surface area contributed by atoms with Crippen molar-refractivity contribution in [1.29, 1.82) is 0 Å². The van der Waals surface area contributed by atoms with E-state index in [1.54, 1.807) is 18.2 Å². The zero-order valence-electron chi connectivity index (χ0n) is 16.2. The molecule has 29 heavy (non-hydrogen) atoms. The van der Waals surface area contributed by atoms with Crippen molar-refractivity contribution in [2.75, 3.05) is 0 Å². The highest BCUT2D eigenvalue weighted by Gasteiger charge is 2.20. The van der Waals surface area contributed by atoms with Crippen LogP contribution in [-0.2, 0) is 13.0 Å². The summed E-state index contributed by atoms with van der Waals surface area (Å²) in [5, 5.41) is 3.49. The van der Waals surface area contributed by atoms with Gasteiger partial charge in [-0.05, 0) is 43.2 Å². The van der Waals surface area contributed by atoms with Crippen LogP contribution in [0.2, 0.25) is 5.02 Å². The lowest BCUT2D eigenvalue weighted by molar-refractivity contribution is 0.0938. The maximum atomic E-state index is 12.7. The molecule has 1 atom stereocenters. The second kappa shape index (κ2) is 8.50. The van der Waals surface area contributed by atoms with Crippen LogP contribution in [0.4, 0.5) is 0 Å². The summed E-state index contributed by atoms with van der Waals surface area (Å²) < 4.78 is 2.19. The number of carbonyl (C=O) groups excluding carboxylic acids is 1. The van der Waals surface area contributed by atoms with Crippen molar-refractivity contribution in [2.24, 2.45) is 0 Å². The highest BCUT2D eigenvalue weighted by Crippen LogP contribution is 2.23. The molecule has 1 amide bonds. The van der Waals surface area contributed by atoms with Gasteiger partial charge < -0.3 is 9.88 Å². The lowest BCUT2D eigenvalue weighted by Crippen LogP contribution is -2.29. The molecule has 0 aliphatic rings. The fourth-order valence-corrected chi connectivity index (χ4v) is 3.75. The third-order valence-corrected chi connectivity index (χ3v) is 5.33. The average molecular weight is 404 g/mol. The number of fused-ring (bicyclic) bond motifs is 1. The molecule has 4 rings (SSSR count). The average Bonchev–Trinajstić information content (AvgIpc) is 3.12. The molecule has 5 heteroatoms. The van der Waals surface area contributed by atoms with Crippen molar-refractivity contribution >= 4 is 28.5 Å². The van der Waals surface area contributed by atoms with Gasteiger partial charge in [-0.2, -0.15) is 0 Å². The predicted molar refractivity (Wildman–Crippen MR) is 117 cm³/mol. The Bertz CT molecular complexity index is 1140. The smallest absolute Gasteiger partial charge is 0.253 e. The number of aromatic nitrogens is 2.